The summed E-state index contributed by atoms with van der Waals surface area (Å²) in [6.07, 6.45) is 0. The summed E-state index contributed by atoms with van der Waals surface area (Å²) in [5.41, 5.74) is 2.28. The number of aromatic nitrogens is 3. The molecule has 0 aliphatic heterocycles. The molecule has 1 atom stereocenters. The molecule has 0 bridgehead atoms. The van der Waals surface area contributed by atoms with Crippen LogP contribution in [-0.2, 0) is 15.3 Å². The van der Waals surface area contributed by atoms with Crippen LogP contribution in [0.4, 0.5) is 11.4 Å². The van der Waals surface area contributed by atoms with Crippen LogP contribution in [0, 0.1) is 0 Å². The van der Waals surface area contributed by atoms with Gasteiger partial charge >= 0.3 is 0 Å². The summed E-state index contributed by atoms with van der Waals surface area (Å²) in [5.74, 6) is 1.17. The molecule has 4 aromatic rings. The zero-order valence-electron chi connectivity index (χ0n) is 19.3. The predicted octanol–water partition coefficient (Wildman–Crippen LogP) is 5.64. The van der Waals surface area contributed by atoms with Crippen LogP contribution in [0.1, 0.15) is 19.7 Å². The summed E-state index contributed by atoms with van der Waals surface area (Å²) in [6.45, 7) is 3.29. The molecule has 0 saturated carbocycles. The Kier molecular flexibility index (Phi) is 8.23. The Balaban J connectivity index is 1.48. The predicted molar refractivity (Wildman–Crippen MR) is 142 cm³/mol. The summed E-state index contributed by atoms with van der Waals surface area (Å²) < 4.78 is 2.01. The number of benzene rings is 3. The molecule has 2 amide bonds. The summed E-state index contributed by atoms with van der Waals surface area (Å²) in [5, 5.41) is 14.7. The van der Waals surface area contributed by atoms with Crippen LogP contribution in [-0.4, -0.2) is 31.8 Å². The number of thioether (sulfide) groups is 2. The molecule has 35 heavy (non-hydrogen) atoms. The molecule has 1 unspecified atom stereocenters. The minimum Gasteiger partial charge on any atom is -0.326 e. The molecule has 0 fully saturated rings. The molecule has 0 radical (unpaired) electrons. The van der Waals surface area contributed by atoms with E-state index in [9.17, 15) is 9.59 Å². The normalized spacial score (nSPS) is 11.6. The van der Waals surface area contributed by atoms with E-state index >= 15 is 0 Å². The first-order valence-corrected chi connectivity index (χ1v) is 12.9. The highest BCUT2D eigenvalue weighted by atomic mass is 32.2. The van der Waals surface area contributed by atoms with Gasteiger partial charge in [0.05, 0.1) is 11.0 Å². The van der Waals surface area contributed by atoms with E-state index in [4.69, 9.17) is 0 Å². The van der Waals surface area contributed by atoms with E-state index in [1.807, 2.05) is 60.0 Å². The number of anilines is 2. The summed E-state index contributed by atoms with van der Waals surface area (Å²) in [6, 6.07) is 27.1. The molecular weight excluding hydrogens is 478 g/mol. The van der Waals surface area contributed by atoms with E-state index in [1.165, 1.54) is 18.7 Å². The lowest BCUT2D eigenvalue weighted by molar-refractivity contribution is -0.115. The molecule has 7 nitrogen and oxygen atoms in total. The second kappa shape index (κ2) is 11.7. The summed E-state index contributed by atoms with van der Waals surface area (Å²) >= 11 is 3.05. The van der Waals surface area contributed by atoms with Crippen molar-refractivity contribution in [2.45, 2.75) is 34.9 Å². The molecule has 1 heterocycles. The minimum absolute atomic E-state index is 0.143. The molecule has 0 aliphatic carbocycles. The van der Waals surface area contributed by atoms with Crippen LogP contribution in [0.5, 0.6) is 0 Å². The quantitative estimate of drug-likeness (QED) is 0.288. The number of para-hydroxylation sites is 1. The first kappa shape index (κ1) is 24.6. The van der Waals surface area contributed by atoms with Crippen molar-refractivity contribution in [1.82, 2.24) is 14.8 Å². The van der Waals surface area contributed by atoms with Gasteiger partial charge in [0.15, 0.2) is 5.16 Å². The fraction of sp³-hybridized carbons (Fsp3) is 0.154. The Morgan fingerprint density at radius 2 is 1.46 bits per heavy atom. The van der Waals surface area contributed by atoms with Gasteiger partial charge < -0.3 is 10.6 Å². The van der Waals surface area contributed by atoms with Crippen molar-refractivity contribution in [3.8, 4) is 5.69 Å². The Bertz CT molecular complexity index is 1280. The third-order valence-corrected chi connectivity index (χ3v) is 7.00. The third-order valence-electron chi connectivity index (χ3n) is 4.95. The van der Waals surface area contributed by atoms with Crippen LogP contribution in [0.2, 0.25) is 0 Å². The van der Waals surface area contributed by atoms with Crippen molar-refractivity contribution >= 4 is 46.7 Å². The second-order valence-corrected chi connectivity index (χ2v) is 10.0. The van der Waals surface area contributed by atoms with Gasteiger partial charge in [0.25, 0.3) is 0 Å². The maximum Gasteiger partial charge on any atom is 0.237 e. The van der Waals surface area contributed by atoms with Crippen LogP contribution >= 0.6 is 23.5 Å². The fourth-order valence-corrected chi connectivity index (χ4v) is 4.99. The average Bonchev–Trinajstić information content (AvgIpc) is 3.27. The highest BCUT2D eigenvalue weighted by Crippen LogP contribution is 2.29. The van der Waals surface area contributed by atoms with Crippen molar-refractivity contribution in [3.63, 3.8) is 0 Å². The molecular formula is C26H25N5O2S2. The zero-order chi connectivity index (χ0) is 24.6. The molecule has 9 heteroatoms. The van der Waals surface area contributed by atoms with Crippen LogP contribution in [0.25, 0.3) is 5.69 Å². The summed E-state index contributed by atoms with van der Waals surface area (Å²) in [7, 11) is 0. The molecule has 2 N–H and O–H groups in total. The molecule has 0 spiro atoms. The van der Waals surface area contributed by atoms with Gasteiger partial charge in [-0.25, -0.2) is 0 Å². The maximum absolute atomic E-state index is 12.9. The van der Waals surface area contributed by atoms with Crippen LogP contribution in [0.3, 0.4) is 0 Å². The zero-order valence-corrected chi connectivity index (χ0v) is 21.0. The lowest BCUT2D eigenvalue weighted by Gasteiger charge is -2.14. The van der Waals surface area contributed by atoms with Gasteiger partial charge in [-0.15, -0.1) is 22.0 Å². The Labute approximate surface area is 212 Å². The van der Waals surface area contributed by atoms with Gasteiger partial charge in [-0.3, -0.25) is 14.2 Å². The van der Waals surface area contributed by atoms with Crippen molar-refractivity contribution in [2.75, 3.05) is 10.6 Å². The number of amides is 2. The molecule has 178 valence electrons. The van der Waals surface area contributed by atoms with Crippen molar-refractivity contribution in [2.24, 2.45) is 0 Å². The maximum atomic E-state index is 12.9. The van der Waals surface area contributed by atoms with E-state index in [0.717, 1.165) is 16.4 Å². The van der Waals surface area contributed by atoms with Gasteiger partial charge in [-0.1, -0.05) is 48.2 Å². The first-order chi connectivity index (χ1) is 17.0. The molecule has 0 aliphatic rings. The van der Waals surface area contributed by atoms with Gasteiger partial charge in [0.1, 0.15) is 5.82 Å². The van der Waals surface area contributed by atoms with Crippen molar-refractivity contribution in [1.29, 1.82) is 0 Å². The fourth-order valence-electron chi connectivity index (χ4n) is 3.27. The third kappa shape index (κ3) is 6.74. The first-order valence-electron chi connectivity index (χ1n) is 11.0. The number of hydrogen-bond donors (Lipinski definition) is 2. The number of nitrogens with zero attached hydrogens (tertiary/aromatic N) is 3. The molecule has 1 aromatic heterocycles. The number of carbonyl (C=O) groups is 2. The lowest BCUT2D eigenvalue weighted by Crippen LogP contribution is -2.23. The van der Waals surface area contributed by atoms with Gasteiger partial charge in [0.2, 0.25) is 11.8 Å². The highest BCUT2D eigenvalue weighted by molar-refractivity contribution is 8.00. The smallest absolute Gasteiger partial charge is 0.237 e. The van der Waals surface area contributed by atoms with Crippen LogP contribution < -0.4 is 10.6 Å². The topological polar surface area (TPSA) is 88.9 Å². The number of nitrogens with one attached hydrogen (secondary N) is 2. The Morgan fingerprint density at radius 1 is 0.857 bits per heavy atom. The largest absolute Gasteiger partial charge is 0.326 e. The van der Waals surface area contributed by atoms with E-state index in [1.54, 1.807) is 36.0 Å². The van der Waals surface area contributed by atoms with E-state index in [2.05, 4.69) is 33.0 Å². The average molecular weight is 504 g/mol. The molecule has 0 saturated heterocycles. The molecule has 4 rings (SSSR count). The molecule has 3 aromatic carbocycles. The monoisotopic (exact) mass is 503 g/mol. The second-order valence-electron chi connectivity index (χ2n) is 7.68. The standard InChI is InChI=1S/C26H25N5O2S2/c1-18(25(33)28-21-15-13-20(14-16-21)27-19(2)32)35-26-30-29-24(17-34-23-11-7-4-8-12-23)31(26)22-9-5-3-6-10-22/h3-16,18H,17H2,1-2H3,(H,27,32)(H,28,33). The number of hydrogen-bond acceptors (Lipinski definition) is 6. The Morgan fingerprint density at radius 3 is 2.09 bits per heavy atom. The number of carbonyl (C=O) groups excluding carboxylic acids is 2. The Hall–Kier alpha value is -3.56. The number of rotatable bonds is 9. The van der Waals surface area contributed by atoms with Gasteiger partial charge in [-0.2, -0.15) is 0 Å². The SMILES string of the molecule is CC(=O)Nc1ccc(NC(=O)C(C)Sc2nnc(CSc3ccccc3)n2-c2ccccc2)cc1. The minimum atomic E-state index is -0.411. The van der Waals surface area contributed by atoms with Crippen molar-refractivity contribution < 1.29 is 9.59 Å². The van der Waals surface area contributed by atoms with E-state index in [-0.39, 0.29) is 11.8 Å². The van der Waals surface area contributed by atoms with Crippen molar-refractivity contribution in [3.05, 3.63) is 90.8 Å². The van der Waals surface area contributed by atoms with Gasteiger partial charge in [-0.05, 0) is 55.5 Å². The van der Waals surface area contributed by atoms with E-state index < -0.39 is 5.25 Å². The lowest BCUT2D eigenvalue weighted by atomic mass is 10.2. The van der Waals surface area contributed by atoms with Gasteiger partial charge in [0, 0.05) is 28.9 Å². The van der Waals surface area contributed by atoms with Crippen LogP contribution in [0.15, 0.2) is 95.0 Å². The highest BCUT2D eigenvalue weighted by Gasteiger charge is 2.21. The summed E-state index contributed by atoms with van der Waals surface area (Å²) in [4.78, 5) is 25.2. The van der Waals surface area contributed by atoms with E-state index in [0.29, 0.717) is 22.3 Å².